The van der Waals surface area contributed by atoms with Crippen LogP contribution >= 0.6 is 0 Å². The van der Waals surface area contributed by atoms with E-state index in [1.54, 1.807) is 6.92 Å². The minimum Gasteiger partial charge on any atom is -0.481 e. The van der Waals surface area contributed by atoms with Crippen LogP contribution < -0.4 is 0 Å². The largest absolute Gasteiger partial charge is 0.481 e. The zero-order chi connectivity index (χ0) is 11.2. The minimum atomic E-state index is -1.000. The quantitative estimate of drug-likeness (QED) is 0.816. The lowest BCUT2D eigenvalue weighted by molar-refractivity contribution is -0.138. The number of benzene rings is 1. The Kier molecular flexibility index (Phi) is 2.03. The SMILES string of the molecule is C[C@]1(c2c(F)cccc2F)C[C@H]1C(=O)O. The lowest BCUT2D eigenvalue weighted by atomic mass is 9.94. The van der Waals surface area contributed by atoms with Crippen LogP contribution in [0, 0.1) is 17.6 Å². The molecule has 2 nitrogen and oxygen atoms in total. The third-order valence-electron chi connectivity index (χ3n) is 3.07. The van der Waals surface area contributed by atoms with E-state index in [0.29, 0.717) is 6.42 Å². The van der Waals surface area contributed by atoms with Crippen molar-refractivity contribution in [1.82, 2.24) is 0 Å². The first-order valence-electron chi connectivity index (χ1n) is 4.64. The van der Waals surface area contributed by atoms with Gasteiger partial charge in [0.05, 0.1) is 5.92 Å². The van der Waals surface area contributed by atoms with Crippen molar-refractivity contribution in [2.45, 2.75) is 18.8 Å². The van der Waals surface area contributed by atoms with E-state index in [2.05, 4.69) is 0 Å². The van der Waals surface area contributed by atoms with Crippen molar-refractivity contribution in [1.29, 1.82) is 0 Å². The number of carbonyl (C=O) groups is 1. The van der Waals surface area contributed by atoms with Crippen LogP contribution in [-0.4, -0.2) is 11.1 Å². The first kappa shape index (κ1) is 10.1. The smallest absolute Gasteiger partial charge is 0.307 e. The van der Waals surface area contributed by atoms with Crippen molar-refractivity contribution in [3.05, 3.63) is 35.4 Å². The van der Waals surface area contributed by atoms with Crippen molar-refractivity contribution in [2.75, 3.05) is 0 Å². The molecule has 0 bridgehead atoms. The summed E-state index contributed by atoms with van der Waals surface area (Å²) in [5.41, 5.74) is -0.987. The molecule has 1 N–H and O–H groups in total. The maximum absolute atomic E-state index is 13.4. The maximum Gasteiger partial charge on any atom is 0.307 e. The average Bonchev–Trinajstić information content (AvgIpc) is 2.78. The van der Waals surface area contributed by atoms with E-state index >= 15 is 0 Å². The minimum absolute atomic E-state index is 0.0996. The van der Waals surface area contributed by atoms with Crippen molar-refractivity contribution in [2.24, 2.45) is 5.92 Å². The number of halogens is 2. The van der Waals surface area contributed by atoms with E-state index < -0.39 is 28.9 Å². The summed E-state index contributed by atoms with van der Waals surface area (Å²) < 4.78 is 26.8. The molecule has 80 valence electrons. The van der Waals surface area contributed by atoms with Gasteiger partial charge in [0.1, 0.15) is 11.6 Å². The first-order chi connectivity index (χ1) is 6.97. The van der Waals surface area contributed by atoms with Gasteiger partial charge >= 0.3 is 5.97 Å². The van der Waals surface area contributed by atoms with Gasteiger partial charge in [-0.1, -0.05) is 13.0 Å². The molecule has 15 heavy (non-hydrogen) atoms. The molecule has 0 spiro atoms. The van der Waals surface area contributed by atoms with Crippen LogP contribution in [0.3, 0.4) is 0 Å². The fourth-order valence-corrected chi connectivity index (χ4v) is 2.04. The van der Waals surface area contributed by atoms with Crippen molar-refractivity contribution in [3.63, 3.8) is 0 Å². The molecule has 0 amide bonds. The van der Waals surface area contributed by atoms with Crippen LogP contribution in [0.15, 0.2) is 18.2 Å². The fourth-order valence-electron chi connectivity index (χ4n) is 2.04. The predicted molar refractivity (Wildman–Crippen MR) is 49.5 cm³/mol. The molecule has 4 heteroatoms. The average molecular weight is 212 g/mol. The number of aliphatic carboxylic acids is 1. The van der Waals surface area contributed by atoms with Gasteiger partial charge in [-0.05, 0) is 18.6 Å². The van der Waals surface area contributed by atoms with Gasteiger partial charge in [0, 0.05) is 11.0 Å². The van der Waals surface area contributed by atoms with Gasteiger partial charge in [0.15, 0.2) is 0 Å². The zero-order valence-corrected chi connectivity index (χ0v) is 8.13. The lowest BCUT2D eigenvalue weighted by Gasteiger charge is -2.12. The Labute approximate surface area is 85.5 Å². The molecule has 0 aromatic heterocycles. The molecular formula is C11H10F2O2. The molecule has 0 radical (unpaired) electrons. The molecule has 0 unspecified atom stereocenters. The van der Waals surface area contributed by atoms with Crippen LogP contribution in [0.5, 0.6) is 0 Å². The van der Waals surface area contributed by atoms with Crippen LogP contribution in [-0.2, 0) is 10.2 Å². The molecule has 1 aliphatic carbocycles. The highest BCUT2D eigenvalue weighted by atomic mass is 19.1. The van der Waals surface area contributed by atoms with Gasteiger partial charge in [-0.3, -0.25) is 4.79 Å². The number of carboxylic acid groups (broad SMARTS) is 1. The number of hydrogen-bond donors (Lipinski definition) is 1. The van der Waals surface area contributed by atoms with Crippen molar-refractivity contribution >= 4 is 5.97 Å². The molecule has 1 saturated carbocycles. The maximum atomic E-state index is 13.4. The van der Waals surface area contributed by atoms with Gasteiger partial charge in [-0.2, -0.15) is 0 Å². The third-order valence-corrected chi connectivity index (χ3v) is 3.07. The summed E-state index contributed by atoms with van der Waals surface area (Å²) in [4.78, 5) is 10.7. The molecule has 1 aromatic rings. The molecule has 0 aliphatic heterocycles. The van der Waals surface area contributed by atoms with Crippen LogP contribution in [0.1, 0.15) is 18.9 Å². The number of hydrogen-bond acceptors (Lipinski definition) is 1. The van der Waals surface area contributed by atoms with E-state index in [9.17, 15) is 13.6 Å². The summed E-state index contributed by atoms with van der Waals surface area (Å²) in [5.74, 6) is -3.01. The summed E-state index contributed by atoms with van der Waals surface area (Å²) in [5, 5.41) is 8.79. The second-order valence-corrected chi connectivity index (χ2v) is 4.11. The summed E-state index contributed by atoms with van der Waals surface area (Å²) in [7, 11) is 0. The number of carboxylic acids is 1. The van der Waals surface area contributed by atoms with Gasteiger partial charge in [-0.25, -0.2) is 8.78 Å². The zero-order valence-electron chi connectivity index (χ0n) is 8.13. The van der Waals surface area contributed by atoms with Crippen LogP contribution in [0.2, 0.25) is 0 Å². The van der Waals surface area contributed by atoms with E-state index in [-0.39, 0.29) is 5.56 Å². The van der Waals surface area contributed by atoms with Crippen molar-refractivity contribution < 1.29 is 18.7 Å². The van der Waals surface area contributed by atoms with Crippen LogP contribution in [0.4, 0.5) is 8.78 Å². The fraction of sp³-hybridized carbons (Fsp3) is 0.364. The molecule has 0 heterocycles. The summed E-state index contributed by atoms with van der Waals surface area (Å²) in [6, 6.07) is 3.58. The monoisotopic (exact) mass is 212 g/mol. The second kappa shape index (κ2) is 3.02. The van der Waals surface area contributed by atoms with Crippen molar-refractivity contribution in [3.8, 4) is 0 Å². The lowest BCUT2D eigenvalue weighted by Crippen LogP contribution is -2.14. The van der Waals surface area contributed by atoms with Gasteiger partial charge in [0.25, 0.3) is 0 Å². The highest BCUT2D eigenvalue weighted by molar-refractivity contribution is 5.77. The van der Waals surface area contributed by atoms with Crippen LogP contribution in [0.25, 0.3) is 0 Å². The molecule has 1 fully saturated rings. The van der Waals surface area contributed by atoms with E-state index in [4.69, 9.17) is 5.11 Å². The molecule has 0 saturated heterocycles. The second-order valence-electron chi connectivity index (χ2n) is 4.11. The number of rotatable bonds is 2. The molecule has 1 aliphatic rings. The summed E-state index contributed by atoms with van der Waals surface area (Å²) in [6.07, 6.45) is 0.292. The topological polar surface area (TPSA) is 37.3 Å². The molecule has 2 rings (SSSR count). The summed E-state index contributed by atoms with van der Waals surface area (Å²) >= 11 is 0. The highest BCUT2D eigenvalue weighted by Crippen LogP contribution is 2.55. The predicted octanol–water partition coefficient (Wildman–Crippen LogP) is 2.33. The van der Waals surface area contributed by atoms with E-state index in [0.717, 1.165) is 12.1 Å². The first-order valence-corrected chi connectivity index (χ1v) is 4.64. The Morgan fingerprint density at radius 3 is 2.40 bits per heavy atom. The Morgan fingerprint density at radius 1 is 1.47 bits per heavy atom. The molecular weight excluding hydrogens is 202 g/mol. The standard InChI is InChI=1S/C11H10F2O2/c1-11(5-6(11)10(14)15)9-7(12)3-2-4-8(9)13/h2-4,6H,5H2,1H3,(H,14,15)/t6-,11-/m0/s1. The Morgan fingerprint density at radius 2 is 2.00 bits per heavy atom. The molecule has 1 aromatic carbocycles. The Balaban J connectivity index is 2.44. The van der Waals surface area contributed by atoms with E-state index in [1.165, 1.54) is 6.07 Å². The summed E-state index contributed by atoms with van der Waals surface area (Å²) in [6.45, 7) is 1.58. The van der Waals surface area contributed by atoms with Gasteiger partial charge in [-0.15, -0.1) is 0 Å². The Hall–Kier alpha value is -1.45. The normalized spacial score (nSPS) is 28.9. The van der Waals surface area contributed by atoms with E-state index in [1.807, 2.05) is 0 Å². The third kappa shape index (κ3) is 1.40. The Bertz CT molecular complexity index is 410. The molecule has 2 atom stereocenters. The van der Waals surface area contributed by atoms with Gasteiger partial charge in [0.2, 0.25) is 0 Å². The highest BCUT2D eigenvalue weighted by Gasteiger charge is 2.58. The van der Waals surface area contributed by atoms with Gasteiger partial charge < -0.3 is 5.11 Å².